The van der Waals surface area contributed by atoms with Crippen molar-refractivity contribution >= 4 is 35.8 Å². The molecule has 6 N–H and O–H groups in total. The first-order valence-electron chi connectivity index (χ1n) is 11.0. The molecule has 3 rings (SSSR count). The first-order valence-corrected chi connectivity index (χ1v) is 11.0. The Balaban J connectivity index is 1.89. The standard InChI is InChI=1S/C25H30N6O2/c1-25(2,33)20-12-21(28)17(15-29-18-6-4-3-5-7-18)11-23(20)31-24(32)22-9-8-19(30-22)10-16(13-26)14-27/h8-13,15,18,26,30,33H,3-7,28H2,1-2H3,(H,31,32)/b16-10+,26-13?,29-15?. The average Bonchev–Trinajstić information content (AvgIpc) is 3.26. The molecule has 33 heavy (non-hydrogen) atoms. The van der Waals surface area contributed by atoms with Crippen LogP contribution in [-0.2, 0) is 5.60 Å². The van der Waals surface area contributed by atoms with Gasteiger partial charge in [-0.25, -0.2) is 0 Å². The maximum Gasteiger partial charge on any atom is 0.272 e. The number of nitrogens with two attached hydrogens (primary N) is 1. The minimum atomic E-state index is -1.23. The fourth-order valence-corrected chi connectivity index (χ4v) is 3.86. The second-order valence-electron chi connectivity index (χ2n) is 8.79. The summed E-state index contributed by atoms with van der Waals surface area (Å²) < 4.78 is 0. The SMILES string of the molecule is CC(C)(O)c1cc(N)c(C=NC2CCCCC2)cc1NC(=O)c1ccc(/C=C(/C#N)C=N)[nH]1. The number of carbonyl (C=O) groups excluding carboxylic acids is 1. The molecule has 0 radical (unpaired) electrons. The van der Waals surface area contributed by atoms with Gasteiger partial charge < -0.3 is 26.6 Å². The largest absolute Gasteiger partial charge is 0.398 e. The van der Waals surface area contributed by atoms with Crippen LogP contribution in [0.4, 0.5) is 11.4 Å². The van der Waals surface area contributed by atoms with Crippen LogP contribution in [0.1, 0.15) is 73.3 Å². The fourth-order valence-electron chi connectivity index (χ4n) is 3.86. The summed E-state index contributed by atoms with van der Waals surface area (Å²) in [6.45, 7) is 3.26. The van der Waals surface area contributed by atoms with E-state index in [4.69, 9.17) is 21.4 Å². The average molecular weight is 447 g/mol. The van der Waals surface area contributed by atoms with Gasteiger partial charge >= 0.3 is 0 Å². The van der Waals surface area contributed by atoms with Gasteiger partial charge in [0.05, 0.1) is 11.2 Å². The molecule has 8 heteroatoms. The van der Waals surface area contributed by atoms with Crippen molar-refractivity contribution in [1.82, 2.24) is 4.98 Å². The Labute approximate surface area is 193 Å². The van der Waals surface area contributed by atoms with E-state index in [1.54, 1.807) is 44.3 Å². The van der Waals surface area contributed by atoms with Crippen LogP contribution in [0.15, 0.2) is 34.8 Å². The smallest absolute Gasteiger partial charge is 0.272 e. The predicted molar refractivity (Wildman–Crippen MR) is 132 cm³/mol. The number of aromatic amines is 1. The zero-order valence-electron chi connectivity index (χ0n) is 19.0. The second-order valence-corrected chi connectivity index (χ2v) is 8.79. The van der Waals surface area contributed by atoms with Gasteiger partial charge in [0.25, 0.3) is 5.91 Å². The van der Waals surface area contributed by atoms with Crippen molar-refractivity contribution in [3.05, 3.63) is 52.4 Å². The lowest BCUT2D eigenvalue weighted by molar-refractivity contribution is 0.0793. The highest BCUT2D eigenvalue weighted by atomic mass is 16.3. The van der Waals surface area contributed by atoms with Crippen molar-refractivity contribution in [3.8, 4) is 6.07 Å². The van der Waals surface area contributed by atoms with Gasteiger partial charge in [-0.2, -0.15) is 5.26 Å². The lowest BCUT2D eigenvalue weighted by atomic mass is 9.93. The van der Waals surface area contributed by atoms with Gasteiger partial charge in [-0.15, -0.1) is 0 Å². The van der Waals surface area contributed by atoms with Gasteiger partial charge in [-0.3, -0.25) is 9.79 Å². The van der Waals surface area contributed by atoms with E-state index in [1.807, 2.05) is 6.07 Å². The van der Waals surface area contributed by atoms with Crippen molar-refractivity contribution in [2.45, 2.75) is 57.6 Å². The number of nitrogens with zero attached hydrogens (tertiary/aromatic N) is 2. The molecule has 0 saturated heterocycles. The number of amides is 1. The molecule has 1 fully saturated rings. The molecule has 172 valence electrons. The van der Waals surface area contributed by atoms with Gasteiger partial charge in [0.15, 0.2) is 0 Å². The third-order valence-corrected chi connectivity index (χ3v) is 5.68. The number of aromatic nitrogens is 1. The van der Waals surface area contributed by atoms with E-state index in [2.05, 4.69) is 10.3 Å². The number of aliphatic imine (C=N–C) groups is 1. The summed E-state index contributed by atoms with van der Waals surface area (Å²) in [5, 5.41) is 29.7. The summed E-state index contributed by atoms with van der Waals surface area (Å²) in [6.07, 6.45) is 9.93. The van der Waals surface area contributed by atoms with Gasteiger partial charge in [0, 0.05) is 46.7 Å². The molecule has 1 aliphatic carbocycles. The fraction of sp³-hybridized carbons (Fsp3) is 0.360. The van der Waals surface area contributed by atoms with Crippen LogP contribution < -0.4 is 11.1 Å². The molecule has 1 amide bonds. The first-order chi connectivity index (χ1) is 15.7. The number of hydrogen-bond acceptors (Lipinski definition) is 6. The summed E-state index contributed by atoms with van der Waals surface area (Å²) in [4.78, 5) is 20.5. The second kappa shape index (κ2) is 10.3. The van der Waals surface area contributed by atoms with Gasteiger partial charge in [-0.05, 0) is 57.0 Å². The van der Waals surface area contributed by atoms with Crippen molar-refractivity contribution in [2.75, 3.05) is 11.1 Å². The minimum Gasteiger partial charge on any atom is -0.398 e. The van der Waals surface area contributed by atoms with Crippen molar-refractivity contribution < 1.29 is 9.90 Å². The van der Waals surface area contributed by atoms with Gasteiger partial charge in [0.1, 0.15) is 11.8 Å². The van der Waals surface area contributed by atoms with E-state index < -0.39 is 11.5 Å². The molecule has 0 bridgehead atoms. The molecule has 1 aliphatic rings. The highest BCUT2D eigenvalue weighted by Crippen LogP contribution is 2.32. The third-order valence-electron chi connectivity index (χ3n) is 5.68. The zero-order chi connectivity index (χ0) is 24.0. The number of hydrogen-bond donors (Lipinski definition) is 5. The summed E-state index contributed by atoms with van der Waals surface area (Å²) in [7, 11) is 0. The van der Waals surface area contributed by atoms with E-state index in [0.29, 0.717) is 28.2 Å². The molecular weight excluding hydrogens is 416 g/mol. The van der Waals surface area contributed by atoms with E-state index in [-0.39, 0.29) is 17.3 Å². The monoisotopic (exact) mass is 446 g/mol. The number of H-pyrrole nitrogens is 1. The summed E-state index contributed by atoms with van der Waals surface area (Å²) >= 11 is 0. The Bertz CT molecular complexity index is 1120. The topological polar surface area (TPSA) is 151 Å². The Hall–Kier alpha value is -3.70. The maximum absolute atomic E-state index is 12.9. The minimum absolute atomic E-state index is 0.161. The number of nitriles is 1. The van der Waals surface area contributed by atoms with Gasteiger partial charge in [-0.1, -0.05) is 19.3 Å². The molecule has 1 saturated carbocycles. The Morgan fingerprint density at radius 2 is 2.06 bits per heavy atom. The molecule has 1 aromatic heterocycles. The molecule has 0 unspecified atom stereocenters. The highest BCUT2D eigenvalue weighted by molar-refractivity contribution is 6.05. The molecule has 0 atom stereocenters. The summed E-state index contributed by atoms with van der Waals surface area (Å²) in [5.41, 5.74) is 8.08. The van der Waals surface area contributed by atoms with Crippen molar-refractivity contribution in [1.29, 1.82) is 10.7 Å². The number of carbonyl (C=O) groups is 1. The van der Waals surface area contributed by atoms with Crippen LogP contribution in [0.2, 0.25) is 0 Å². The van der Waals surface area contributed by atoms with Crippen LogP contribution in [0.3, 0.4) is 0 Å². The molecule has 0 aliphatic heterocycles. The quantitative estimate of drug-likeness (QED) is 0.243. The van der Waals surface area contributed by atoms with E-state index in [1.165, 1.54) is 25.3 Å². The zero-order valence-corrected chi connectivity index (χ0v) is 19.0. The van der Waals surface area contributed by atoms with Crippen LogP contribution in [-0.4, -0.2) is 34.5 Å². The number of nitrogens with one attached hydrogen (secondary N) is 3. The van der Waals surface area contributed by atoms with Crippen LogP contribution >= 0.6 is 0 Å². The van der Waals surface area contributed by atoms with Crippen LogP contribution in [0.25, 0.3) is 6.08 Å². The Kier molecular flexibility index (Phi) is 7.46. The number of aliphatic hydroxyl groups is 1. The van der Waals surface area contributed by atoms with Crippen LogP contribution in [0.5, 0.6) is 0 Å². The van der Waals surface area contributed by atoms with Crippen molar-refractivity contribution in [3.63, 3.8) is 0 Å². The number of allylic oxidation sites excluding steroid dienone is 1. The third kappa shape index (κ3) is 6.18. The molecular formula is C25H30N6O2. The first kappa shape index (κ1) is 24.0. The number of nitrogen functional groups attached to an aromatic ring is 1. The molecule has 0 spiro atoms. The normalized spacial score (nSPS) is 15.4. The molecule has 8 nitrogen and oxygen atoms in total. The van der Waals surface area contributed by atoms with Crippen LogP contribution in [0, 0.1) is 16.7 Å². The van der Waals surface area contributed by atoms with Gasteiger partial charge in [0.2, 0.25) is 0 Å². The van der Waals surface area contributed by atoms with Crippen molar-refractivity contribution in [2.24, 2.45) is 4.99 Å². The lowest BCUT2D eigenvalue weighted by Gasteiger charge is -2.23. The molecule has 1 aromatic carbocycles. The Morgan fingerprint density at radius 3 is 2.70 bits per heavy atom. The van der Waals surface area contributed by atoms with E-state index >= 15 is 0 Å². The number of rotatable bonds is 7. The summed E-state index contributed by atoms with van der Waals surface area (Å²) in [6, 6.07) is 8.83. The molecule has 2 aromatic rings. The number of anilines is 2. The predicted octanol–water partition coefficient (Wildman–Crippen LogP) is 4.38. The number of benzene rings is 1. The lowest BCUT2D eigenvalue weighted by Crippen LogP contribution is -2.22. The maximum atomic E-state index is 12.9. The Morgan fingerprint density at radius 1 is 1.33 bits per heavy atom. The highest BCUT2D eigenvalue weighted by Gasteiger charge is 2.23. The summed E-state index contributed by atoms with van der Waals surface area (Å²) in [5.74, 6) is -0.409. The van der Waals surface area contributed by atoms with E-state index in [0.717, 1.165) is 19.1 Å². The molecule has 1 heterocycles. The van der Waals surface area contributed by atoms with E-state index in [9.17, 15) is 9.90 Å².